The van der Waals surface area contributed by atoms with Crippen LogP contribution in [-0.2, 0) is 19.0 Å². The maximum Gasteiger partial charge on any atom is 0.338 e. The molecule has 3 atom stereocenters. The monoisotopic (exact) mass is 597 g/mol. The predicted octanol–water partition coefficient (Wildman–Crippen LogP) is 3.70. The fourth-order valence-electron chi connectivity index (χ4n) is 4.64. The second kappa shape index (κ2) is 12.1. The van der Waals surface area contributed by atoms with E-state index in [1.54, 1.807) is 62.4 Å². The number of nitrogens with zero attached hydrogens (tertiary/aromatic N) is 3. The van der Waals surface area contributed by atoms with Gasteiger partial charge in [-0.2, -0.15) is 4.98 Å². The Morgan fingerprint density at radius 1 is 1.09 bits per heavy atom. The molecule has 12 nitrogen and oxygen atoms in total. The fourth-order valence-corrected chi connectivity index (χ4v) is 4.64. The van der Waals surface area contributed by atoms with Gasteiger partial charge in [0, 0.05) is 12.3 Å². The van der Waals surface area contributed by atoms with E-state index in [1.165, 1.54) is 10.9 Å². The summed E-state index contributed by atoms with van der Waals surface area (Å²) >= 11 is 0. The summed E-state index contributed by atoms with van der Waals surface area (Å²) in [7, 11) is 0. The van der Waals surface area contributed by atoms with Gasteiger partial charge in [-0.15, -0.1) is 6.42 Å². The van der Waals surface area contributed by atoms with Crippen molar-refractivity contribution in [2.45, 2.75) is 52.0 Å². The average Bonchev–Trinajstić information content (AvgIpc) is 3.58. The molecular weight excluding hydrogens is 566 g/mol. The number of aryl methyl sites for hydroxylation is 2. The van der Waals surface area contributed by atoms with Gasteiger partial charge in [0.1, 0.15) is 12.8 Å². The quantitative estimate of drug-likeness (QED) is 0.229. The molecule has 2 N–H and O–H groups in total. The van der Waals surface area contributed by atoms with E-state index in [-0.39, 0.29) is 35.4 Å². The van der Waals surface area contributed by atoms with Crippen molar-refractivity contribution in [3.05, 3.63) is 87.5 Å². The highest BCUT2D eigenvalue weighted by Crippen LogP contribution is 2.40. The number of terminal acetylenes is 1. The first-order chi connectivity index (χ1) is 21.0. The minimum absolute atomic E-state index is 0.00616. The van der Waals surface area contributed by atoms with Crippen LogP contribution < -0.4 is 10.9 Å². The van der Waals surface area contributed by atoms with Crippen LogP contribution in [0.15, 0.2) is 59.7 Å². The van der Waals surface area contributed by atoms with Crippen molar-refractivity contribution in [3.63, 3.8) is 0 Å². The molecule has 1 fully saturated rings. The van der Waals surface area contributed by atoms with E-state index in [2.05, 4.69) is 26.2 Å². The molecule has 2 aromatic heterocycles. The Labute approximate surface area is 252 Å². The van der Waals surface area contributed by atoms with Crippen LogP contribution in [0.25, 0.3) is 11.2 Å². The molecule has 2 aromatic carbocycles. The van der Waals surface area contributed by atoms with Gasteiger partial charge in [0.05, 0.1) is 17.5 Å². The number of hydrogen-bond acceptors (Lipinski definition) is 9. The smallest absolute Gasteiger partial charge is 0.338 e. The van der Waals surface area contributed by atoms with Crippen LogP contribution in [0.2, 0.25) is 0 Å². The molecule has 1 amide bonds. The minimum Gasteiger partial charge on any atom is -0.458 e. The number of esters is 2. The summed E-state index contributed by atoms with van der Waals surface area (Å²) in [6, 6.07) is 13.6. The van der Waals surface area contributed by atoms with E-state index >= 15 is 0 Å². The van der Waals surface area contributed by atoms with Crippen molar-refractivity contribution in [2.75, 3.05) is 11.9 Å². The van der Waals surface area contributed by atoms with Crippen LogP contribution in [0.1, 0.15) is 58.3 Å². The molecule has 5 rings (SSSR count). The molecule has 0 unspecified atom stereocenters. The first-order valence-electron chi connectivity index (χ1n) is 13.9. The number of H-pyrrole nitrogens is 1. The van der Waals surface area contributed by atoms with Gasteiger partial charge in [-0.3, -0.25) is 24.5 Å². The highest BCUT2D eigenvalue weighted by molar-refractivity contribution is 5.91. The number of hydrogen-bond donors (Lipinski definition) is 2. The van der Waals surface area contributed by atoms with Crippen LogP contribution in [-0.4, -0.2) is 55.7 Å². The lowest BCUT2D eigenvalue weighted by atomic mass is 9.98. The molecular formula is C32H31N5O7. The zero-order valence-electron chi connectivity index (χ0n) is 24.6. The molecule has 1 aliphatic heterocycles. The first kappa shape index (κ1) is 30.2. The van der Waals surface area contributed by atoms with E-state index in [0.29, 0.717) is 11.1 Å². The van der Waals surface area contributed by atoms with Gasteiger partial charge >= 0.3 is 11.9 Å². The van der Waals surface area contributed by atoms with Crippen molar-refractivity contribution in [3.8, 4) is 12.3 Å². The number of aromatic amines is 1. The number of fused-ring (bicyclic) bond motifs is 1. The lowest BCUT2D eigenvalue weighted by molar-refractivity contribution is -0.118. The molecule has 0 saturated carbocycles. The number of nitrogens with one attached hydrogen (secondary N) is 2. The zero-order chi connectivity index (χ0) is 31.6. The van der Waals surface area contributed by atoms with Gasteiger partial charge in [0.25, 0.3) is 5.56 Å². The number of benzene rings is 2. The fraction of sp³-hybridized carbons (Fsp3) is 0.312. The van der Waals surface area contributed by atoms with Crippen molar-refractivity contribution >= 4 is 35.0 Å². The van der Waals surface area contributed by atoms with Crippen molar-refractivity contribution in [2.24, 2.45) is 5.92 Å². The third kappa shape index (κ3) is 6.09. The lowest BCUT2D eigenvalue weighted by Gasteiger charge is -2.28. The summed E-state index contributed by atoms with van der Waals surface area (Å²) in [5, 5.41) is 2.57. The number of aromatic nitrogens is 4. The number of carbonyl (C=O) groups is 3. The van der Waals surface area contributed by atoms with Crippen molar-refractivity contribution in [1.82, 2.24) is 19.5 Å². The number of imidazole rings is 1. The molecule has 1 aliphatic rings. The van der Waals surface area contributed by atoms with Gasteiger partial charge in [0.15, 0.2) is 17.3 Å². The molecule has 0 aliphatic carbocycles. The van der Waals surface area contributed by atoms with Crippen molar-refractivity contribution < 1.29 is 28.6 Å². The van der Waals surface area contributed by atoms with Crippen LogP contribution in [0.5, 0.6) is 0 Å². The van der Waals surface area contributed by atoms with Gasteiger partial charge < -0.3 is 14.2 Å². The molecule has 226 valence electrons. The highest BCUT2D eigenvalue weighted by Gasteiger charge is 2.52. The lowest BCUT2D eigenvalue weighted by Crippen LogP contribution is -2.45. The third-order valence-electron chi connectivity index (χ3n) is 7.28. The average molecular weight is 598 g/mol. The summed E-state index contributed by atoms with van der Waals surface area (Å²) in [5.41, 5.74) is 0.364. The van der Waals surface area contributed by atoms with Crippen molar-refractivity contribution in [1.29, 1.82) is 0 Å². The highest BCUT2D eigenvalue weighted by atomic mass is 16.6. The minimum atomic E-state index is -1.70. The zero-order valence-corrected chi connectivity index (χ0v) is 24.6. The topological polar surface area (TPSA) is 154 Å². The molecule has 0 radical (unpaired) electrons. The van der Waals surface area contributed by atoms with Crippen LogP contribution in [0.4, 0.5) is 5.95 Å². The Hall–Kier alpha value is -5.28. The maximum absolute atomic E-state index is 13.2. The normalized spacial score (nSPS) is 19.5. The number of amides is 1. The largest absolute Gasteiger partial charge is 0.458 e. The predicted molar refractivity (Wildman–Crippen MR) is 160 cm³/mol. The molecule has 1 saturated heterocycles. The number of carbonyl (C=O) groups excluding carboxylic acids is 3. The van der Waals surface area contributed by atoms with Gasteiger partial charge in [-0.05, 0) is 38.1 Å². The number of anilines is 1. The second-order valence-corrected chi connectivity index (χ2v) is 10.9. The van der Waals surface area contributed by atoms with E-state index in [1.807, 2.05) is 13.8 Å². The first-order valence-corrected chi connectivity index (χ1v) is 13.9. The SMILES string of the molecule is C#C[C@@]1(COC(=O)c2ccc(C)cc2)O[C@@H](n2cnc3c(=O)[nH]c(NC(=O)C(C)C)nc32)C[C@H]1OC(=O)c1ccc(C)cc1. The molecule has 4 aromatic rings. The Morgan fingerprint density at radius 2 is 1.70 bits per heavy atom. The Bertz CT molecular complexity index is 1820. The summed E-state index contributed by atoms with van der Waals surface area (Å²) in [6.07, 6.45) is 5.34. The Morgan fingerprint density at radius 3 is 2.30 bits per heavy atom. The van der Waals surface area contributed by atoms with Crippen LogP contribution >= 0.6 is 0 Å². The van der Waals surface area contributed by atoms with Crippen LogP contribution in [0, 0.1) is 32.1 Å². The molecule has 3 heterocycles. The molecule has 0 spiro atoms. The summed E-state index contributed by atoms with van der Waals surface area (Å²) in [4.78, 5) is 62.2. The standard InChI is InChI=1S/C32H31N5O7/c1-6-32(16-42-29(40)21-11-7-19(4)8-12-21)23(43-30(41)22-13-9-20(5)10-14-22)15-24(44-32)37-17-33-25-26(37)34-31(36-28(25)39)35-27(38)18(2)3/h1,7-14,17-18,23-24H,15-16H2,2-5H3,(H2,34,35,36,38,39)/t23-,24-,32+/m1/s1. The van der Waals surface area contributed by atoms with Gasteiger partial charge in [0.2, 0.25) is 17.5 Å². The van der Waals surface area contributed by atoms with E-state index < -0.39 is 42.0 Å². The molecule has 0 bridgehead atoms. The molecule has 12 heteroatoms. The Kier molecular flexibility index (Phi) is 8.33. The maximum atomic E-state index is 13.2. The summed E-state index contributed by atoms with van der Waals surface area (Å²) in [5.74, 6) is 0.495. The van der Waals surface area contributed by atoms with Gasteiger partial charge in [-0.25, -0.2) is 14.6 Å². The summed E-state index contributed by atoms with van der Waals surface area (Å²) < 4.78 is 19.3. The van der Waals surface area contributed by atoms with Gasteiger partial charge in [-0.1, -0.05) is 55.2 Å². The van der Waals surface area contributed by atoms with Crippen LogP contribution in [0.3, 0.4) is 0 Å². The third-order valence-corrected chi connectivity index (χ3v) is 7.28. The Balaban J connectivity index is 1.47. The van der Waals surface area contributed by atoms with E-state index in [0.717, 1.165) is 11.1 Å². The number of rotatable bonds is 8. The second-order valence-electron chi connectivity index (χ2n) is 10.9. The number of ether oxygens (including phenoxy) is 3. The molecule has 44 heavy (non-hydrogen) atoms. The van der Waals surface area contributed by atoms with E-state index in [9.17, 15) is 19.2 Å². The van der Waals surface area contributed by atoms with E-state index in [4.69, 9.17) is 20.6 Å². The summed E-state index contributed by atoms with van der Waals surface area (Å²) in [6.45, 7) is 6.75.